The number of benzene rings is 3. The molecule has 0 N–H and O–H groups in total. The van der Waals surface area contributed by atoms with Gasteiger partial charge in [0.25, 0.3) is 0 Å². The minimum atomic E-state index is -1.09. The van der Waals surface area contributed by atoms with Crippen LogP contribution in [0.5, 0.6) is 0 Å². The van der Waals surface area contributed by atoms with Gasteiger partial charge in [-0.2, -0.15) is 5.10 Å². The first kappa shape index (κ1) is 18.9. The fourth-order valence-electron chi connectivity index (χ4n) is 3.87. The molecule has 4 heteroatoms. The maximum atomic E-state index is 6.51. The van der Waals surface area contributed by atoms with Crippen molar-refractivity contribution in [3.63, 3.8) is 0 Å². The minimum absolute atomic E-state index is 0.282. The minimum Gasteiger partial charge on any atom is -0.337 e. The van der Waals surface area contributed by atoms with Gasteiger partial charge in [0.1, 0.15) is 0 Å². The molecule has 1 aliphatic rings. The Morgan fingerprint density at radius 1 is 0.857 bits per heavy atom. The number of hydrogen-bond donors (Lipinski definition) is 0. The van der Waals surface area contributed by atoms with Crippen molar-refractivity contribution in [2.75, 3.05) is 11.4 Å². The van der Waals surface area contributed by atoms with Crippen molar-refractivity contribution in [2.24, 2.45) is 5.10 Å². The SMILES string of the molecule is CCOP1N(c2ccccc2)N=C(C)CC1(c1ccccc1)c1ccccc1. The highest BCUT2D eigenvalue weighted by atomic mass is 31.2. The lowest BCUT2D eigenvalue weighted by atomic mass is 9.86. The molecule has 28 heavy (non-hydrogen) atoms. The molecule has 1 unspecified atom stereocenters. The lowest BCUT2D eigenvalue weighted by molar-refractivity contribution is 0.359. The number of hydrazone groups is 1. The predicted molar refractivity (Wildman–Crippen MR) is 119 cm³/mol. The van der Waals surface area contributed by atoms with E-state index in [-0.39, 0.29) is 5.16 Å². The van der Waals surface area contributed by atoms with Crippen LogP contribution in [0.4, 0.5) is 5.69 Å². The summed E-state index contributed by atoms with van der Waals surface area (Å²) in [7, 11) is -1.09. The topological polar surface area (TPSA) is 24.8 Å². The second-order valence-electron chi connectivity index (χ2n) is 6.92. The normalized spacial score (nSPS) is 18.6. The Kier molecular flexibility index (Phi) is 5.57. The zero-order valence-corrected chi connectivity index (χ0v) is 17.2. The Morgan fingerprint density at radius 2 is 1.36 bits per heavy atom. The first-order valence-corrected chi connectivity index (χ1v) is 10.9. The molecule has 1 atom stereocenters. The molecule has 3 nitrogen and oxygen atoms in total. The van der Waals surface area contributed by atoms with E-state index in [2.05, 4.69) is 104 Å². The average Bonchev–Trinajstić information content (AvgIpc) is 2.76. The smallest absolute Gasteiger partial charge is 0.170 e. The van der Waals surface area contributed by atoms with E-state index in [9.17, 15) is 0 Å². The highest BCUT2D eigenvalue weighted by Crippen LogP contribution is 2.67. The highest BCUT2D eigenvalue weighted by molar-refractivity contribution is 7.56. The molecule has 3 aromatic carbocycles. The summed E-state index contributed by atoms with van der Waals surface area (Å²) in [5.74, 6) is 0. The third-order valence-electron chi connectivity index (χ3n) is 5.02. The molecule has 0 aliphatic carbocycles. The number of hydrogen-bond acceptors (Lipinski definition) is 3. The molecule has 0 amide bonds. The summed E-state index contributed by atoms with van der Waals surface area (Å²) in [6.45, 7) is 4.83. The van der Waals surface area contributed by atoms with E-state index >= 15 is 0 Å². The largest absolute Gasteiger partial charge is 0.337 e. The average molecular weight is 388 g/mol. The van der Waals surface area contributed by atoms with Crippen LogP contribution < -0.4 is 4.78 Å². The number of rotatable bonds is 5. The summed E-state index contributed by atoms with van der Waals surface area (Å²) in [6, 6.07) is 31.9. The number of anilines is 1. The maximum absolute atomic E-state index is 6.51. The molecule has 0 spiro atoms. The second-order valence-corrected chi connectivity index (χ2v) is 8.87. The Balaban J connectivity index is 1.97. The molecular formula is C24H25N2OP. The molecule has 1 heterocycles. The van der Waals surface area contributed by atoms with Gasteiger partial charge < -0.3 is 4.52 Å². The molecule has 0 bridgehead atoms. The highest BCUT2D eigenvalue weighted by Gasteiger charge is 2.50. The van der Waals surface area contributed by atoms with Crippen LogP contribution in [0.1, 0.15) is 31.4 Å². The number of para-hydroxylation sites is 1. The zero-order valence-electron chi connectivity index (χ0n) is 16.3. The molecule has 0 fully saturated rings. The van der Waals surface area contributed by atoms with Crippen molar-refractivity contribution in [3.8, 4) is 0 Å². The zero-order chi connectivity index (χ0) is 19.4. The van der Waals surface area contributed by atoms with Gasteiger partial charge in [0.05, 0.1) is 17.5 Å². The van der Waals surface area contributed by atoms with Gasteiger partial charge in [-0.1, -0.05) is 78.9 Å². The maximum Gasteiger partial charge on any atom is 0.170 e. The second kappa shape index (κ2) is 8.26. The van der Waals surface area contributed by atoms with Gasteiger partial charge in [-0.15, -0.1) is 0 Å². The van der Waals surface area contributed by atoms with E-state index in [1.807, 2.05) is 6.07 Å². The van der Waals surface area contributed by atoms with Crippen LogP contribution in [0.25, 0.3) is 0 Å². The van der Waals surface area contributed by atoms with Gasteiger partial charge in [-0.05, 0) is 37.1 Å². The standard InChI is InChI=1S/C24H25N2OP/c1-3-27-28-24(21-13-7-4-8-14-21,22-15-9-5-10-16-22)19-20(2)25-26(28)23-17-11-6-12-18-23/h4-18H,3,19H2,1-2H3. The van der Waals surface area contributed by atoms with Crippen molar-refractivity contribution in [1.82, 2.24) is 0 Å². The fourth-order valence-corrected chi connectivity index (χ4v) is 6.45. The van der Waals surface area contributed by atoms with Crippen LogP contribution in [0.2, 0.25) is 0 Å². The molecular weight excluding hydrogens is 363 g/mol. The van der Waals surface area contributed by atoms with Gasteiger partial charge in [-0.25, -0.2) is 4.78 Å². The van der Waals surface area contributed by atoms with Gasteiger partial charge in [0.2, 0.25) is 0 Å². The van der Waals surface area contributed by atoms with Gasteiger partial charge >= 0.3 is 0 Å². The molecule has 0 saturated carbocycles. The molecule has 0 saturated heterocycles. The van der Waals surface area contributed by atoms with Crippen LogP contribution in [0.15, 0.2) is 96.1 Å². The fraction of sp³-hybridized carbons (Fsp3) is 0.208. The third kappa shape index (κ3) is 3.37. The number of nitrogens with zero attached hydrogens (tertiary/aromatic N) is 2. The van der Waals surface area contributed by atoms with E-state index in [0.29, 0.717) is 6.61 Å². The quantitative estimate of drug-likeness (QED) is 0.462. The van der Waals surface area contributed by atoms with E-state index in [1.165, 1.54) is 11.1 Å². The van der Waals surface area contributed by atoms with Crippen LogP contribution in [0.3, 0.4) is 0 Å². The molecule has 1 aliphatic heterocycles. The summed E-state index contributed by atoms with van der Waals surface area (Å²) >= 11 is 0. The van der Waals surface area contributed by atoms with Gasteiger partial charge in [0.15, 0.2) is 8.30 Å². The Hall–Kier alpha value is -2.48. The predicted octanol–water partition coefficient (Wildman–Crippen LogP) is 6.56. The van der Waals surface area contributed by atoms with E-state index in [1.54, 1.807) is 0 Å². The summed E-state index contributed by atoms with van der Waals surface area (Å²) in [6.07, 6.45) is 0.843. The van der Waals surface area contributed by atoms with Crippen LogP contribution in [0, 0.1) is 0 Å². The Bertz CT molecular complexity index is 889. The van der Waals surface area contributed by atoms with Crippen molar-refractivity contribution >= 4 is 19.7 Å². The lowest BCUT2D eigenvalue weighted by Crippen LogP contribution is -2.38. The molecule has 3 aromatic rings. The van der Waals surface area contributed by atoms with E-state index in [0.717, 1.165) is 17.8 Å². The summed E-state index contributed by atoms with van der Waals surface area (Å²) < 4.78 is 8.63. The Morgan fingerprint density at radius 3 is 1.86 bits per heavy atom. The van der Waals surface area contributed by atoms with Crippen LogP contribution >= 0.6 is 8.30 Å². The summed E-state index contributed by atoms with van der Waals surface area (Å²) in [4.78, 5) is 0. The summed E-state index contributed by atoms with van der Waals surface area (Å²) in [5.41, 5.74) is 4.72. The summed E-state index contributed by atoms with van der Waals surface area (Å²) in [5, 5.41) is 4.67. The molecule has 0 aromatic heterocycles. The van der Waals surface area contributed by atoms with Crippen LogP contribution in [-0.4, -0.2) is 12.3 Å². The molecule has 0 radical (unpaired) electrons. The monoisotopic (exact) mass is 388 g/mol. The van der Waals surface area contributed by atoms with Crippen LogP contribution in [-0.2, 0) is 9.68 Å². The Labute approximate surface area is 168 Å². The van der Waals surface area contributed by atoms with E-state index < -0.39 is 8.30 Å². The lowest BCUT2D eigenvalue weighted by Gasteiger charge is -2.47. The first-order valence-electron chi connectivity index (χ1n) is 9.69. The molecule has 142 valence electrons. The van der Waals surface area contributed by atoms with Crippen molar-refractivity contribution < 1.29 is 4.52 Å². The van der Waals surface area contributed by atoms with Gasteiger partial charge in [0, 0.05) is 12.1 Å². The van der Waals surface area contributed by atoms with Crippen molar-refractivity contribution in [1.29, 1.82) is 0 Å². The van der Waals surface area contributed by atoms with E-state index in [4.69, 9.17) is 9.63 Å². The molecule has 4 rings (SSSR count). The first-order chi connectivity index (χ1) is 13.8. The third-order valence-corrected chi connectivity index (χ3v) is 7.51. The van der Waals surface area contributed by atoms with Gasteiger partial charge in [-0.3, -0.25) is 0 Å². The van der Waals surface area contributed by atoms with Crippen molar-refractivity contribution in [3.05, 3.63) is 102 Å². The van der Waals surface area contributed by atoms with Crippen molar-refractivity contribution in [2.45, 2.75) is 25.4 Å².